The van der Waals surface area contributed by atoms with Crippen LogP contribution in [0.3, 0.4) is 0 Å². The zero-order chi connectivity index (χ0) is 13.0. The highest BCUT2D eigenvalue weighted by Gasteiger charge is 2.16. The average molecular weight is 268 g/mol. The first-order valence-corrected chi connectivity index (χ1v) is 6.55. The van der Waals surface area contributed by atoms with Crippen molar-refractivity contribution in [3.05, 3.63) is 41.3 Å². The minimum atomic E-state index is 0.0931. The van der Waals surface area contributed by atoms with Gasteiger partial charge in [0.1, 0.15) is 11.6 Å². The molecule has 1 atom stereocenters. The van der Waals surface area contributed by atoms with E-state index in [1.54, 1.807) is 6.07 Å². The second kappa shape index (κ2) is 6.07. The number of nitrogens with one attached hydrogen (secondary N) is 1. The third-order valence-electron chi connectivity index (χ3n) is 2.94. The van der Waals surface area contributed by atoms with Gasteiger partial charge in [-0.2, -0.15) is 0 Å². The lowest BCUT2D eigenvalue weighted by Gasteiger charge is -2.14. The molecule has 1 unspecified atom stereocenters. The Kier molecular flexibility index (Phi) is 4.44. The third-order valence-corrected chi connectivity index (χ3v) is 3.14. The molecule has 0 radical (unpaired) electrons. The van der Waals surface area contributed by atoms with Crippen LogP contribution in [0.25, 0.3) is 0 Å². The Morgan fingerprint density at radius 1 is 1.50 bits per heavy atom. The predicted octanol–water partition coefficient (Wildman–Crippen LogP) is 3.04. The van der Waals surface area contributed by atoms with E-state index in [4.69, 9.17) is 16.0 Å². The minimum Gasteiger partial charge on any atom is -0.448 e. The van der Waals surface area contributed by atoms with Crippen LogP contribution < -0.4 is 5.32 Å². The first kappa shape index (κ1) is 13.2. The van der Waals surface area contributed by atoms with Crippen LogP contribution in [0.15, 0.2) is 28.9 Å². The van der Waals surface area contributed by atoms with E-state index in [0.29, 0.717) is 5.22 Å². The number of hydrogen-bond acceptors (Lipinski definition) is 3. The molecule has 98 valence electrons. The molecule has 2 heterocycles. The van der Waals surface area contributed by atoms with Gasteiger partial charge in [-0.15, -0.1) is 0 Å². The summed E-state index contributed by atoms with van der Waals surface area (Å²) in [5, 5.41) is 3.65. The van der Waals surface area contributed by atoms with Crippen LogP contribution in [0, 0.1) is 0 Å². The molecule has 0 saturated carbocycles. The van der Waals surface area contributed by atoms with Gasteiger partial charge in [0.2, 0.25) is 0 Å². The summed E-state index contributed by atoms with van der Waals surface area (Å²) in [6, 6.07) is 3.76. The van der Waals surface area contributed by atoms with E-state index in [9.17, 15) is 0 Å². The standard InChI is InChI=1S/C13H18ClN3O/c1-3-7-17-8-6-16-13(17)9-10(15-2)11-4-5-12(14)18-11/h4-6,8,10,15H,3,7,9H2,1-2H3. The molecule has 0 aliphatic heterocycles. The number of hydrogen-bond donors (Lipinski definition) is 1. The van der Waals surface area contributed by atoms with Crippen molar-refractivity contribution in [1.29, 1.82) is 0 Å². The molecule has 0 amide bonds. The number of halogens is 1. The van der Waals surface area contributed by atoms with E-state index in [0.717, 1.165) is 31.0 Å². The number of imidazole rings is 1. The molecule has 0 aromatic carbocycles. The van der Waals surface area contributed by atoms with E-state index in [1.807, 2.05) is 25.5 Å². The second-order valence-electron chi connectivity index (χ2n) is 4.22. The van der Waals surface area contributed by atoms with Gasteiger partial charge in [-0.05, 0) is 37.2 Å². The maximum Gasteiger partial charge on any atom is 0.193 e. The quantitative estimate of drug-likeness (QED) is 0.875. The molecule has 2 rings (SSSR count). The van der Waals surface area contributed by atoms with Crippen LogP contribution in [0.4, 0.5) is 0 Å². The van der Waals surface area contributed by atoms with Gasteiger partial charge in [-0.1, -0.05) is 6.92 Å². The van der Waals surface area contributed by atoms with Gasteiger partial charge in [0.05, 0.1) is 6.04 Å². The number of aryl methyl sites for hydroxylation is 1. The monoisotopic (exact) mass is 267 g/mol. The molecule has 2 aromatic rings. The van der Waals surface area contributed by atoms with Crippen molar-refractivity contribution >= 4 is 11.6 Å². The fraction of sp³-hybridized carbons (Fsp3) is 0.462. The van der Waals surface area contributed by atoms with Gasteiger partial charge in [-0.3, -0.25) is 0 Å². The van der Waals surface area contributed by atoms with Gasteiger partial charge >= 0.3 is 0 Å². The largest absolute Gasteiger partial charge is 0.448 e. The van der Waals surface area contributed by atoms with Crippen LogP contribution in [0.1, 0.15) is 31.0 Å². The smallest absolute Gasteiger partial charge is 0.193 e. The molecule has 1 N–H and O–H groups in total. The van der Waals surface area contributed by atoms with Crippen LogP contribution in [-0.2, 0) is 13.0 Å². The van der Waals surface area contributed by atoms with E-state index in [1.165, 1.54) is 0 Å². The zero-order valence-electron chi connectivity index (χ0n) is 10.7. The summed E-state index contributed by atoms with van der Waals surface area (Å²) in [7, 11) is 1.91. The number of nitrogens with zero attached hydrogens (tertiary/aromatic N) is 2. The molecule has 18 heavy (non-hydrogen) atoms. The molecule has 4 nitrogen and oxygen atoms in total. The molecular weight excluding hydrogens is 250 g/mol. The van der Waals surface area contributed by atoms with Crippen molar-refractivity contribution in [1.82, 2.24) is 14.9 Å². The topological polar surface area (TPSA) is 43.0 Å². The summed E-state index contributed by atoms with van der Waals surface area (Å²) in [4.78, 5) is 4.40. The molecule has 0 saturated heterocycles. The predicted molar refractivity (Wildman–Crippen MR) is 71.7 cm³/mol. The molecule has 2 aromatic heterocycles. The lowest BCUT2D eigenvalue weighted by molar-refractivity contribution is 0.421. The van der Waals surface area contributed by atoms with Crippen LogP contribution in [0.2, 0.25) is 5.22 Å². The number of likely N-dealkylation sites (N-methyl/N-ethyl adjacent to an activating group) is 1. The molecule has 0 spiro atoms. The summed E-state index contributed by atoms with van der Waals surface area (Å²) in [5.74, 6) is 1.90. The minimum absolute atomic E-state index is 0.0931. The van der Waals surface area contributed by atoms with Crippen molar-refractivity contribution in [2.75, 3.05) is 7.05 Å². The normalized spacial score (nSPS) is 12.8. The molecule has 0 aliphatic carbocycles. The molecule has 5 heteroatoms. The SMILES string of the molecule is CCCn1ccnc1CC(NC)c1ccc(Cl)o1. The summed E-state index contributed by atoms with van der Waals surface area (Å²) < 4.78 is 7.63. The maximum absolute atomic E-state index is 5.81. The average Bonchev–Trinajstić information content (AvgIpc) is 2.96. The summed E-state index contributed by atoms with van der Waals surface area (Å²) in [5.41, 5.74) is 0. The Morgan fingerprint density at radius 2 is 2.33 bits per heavy atom. The highest BCUT2D eigenvalue weighted by Crippen LogP contribution is 2.22. The van der Waals surface area contributed by atoms with Crippen molar-refractivity contribution in [3.63, 3.8) is 0 Å². The van der Waals surface area contributed by atoms with Crippen LogP contribution >= 0.6 is 11.6 Å². The van der Waals surface area contributed by atoms with Crippen molar-refractivity contribution < 1.29 is 4.42 Å². The van der Waals surface area contributed by atoms with Crippen molar-refractivity contribution in [2.45, 2.75) is 32.4 Å². The van der Waals surface area contributed by atoms with Gasteiger partial charge in [0.15, 0.2) is 5.22 Å². The van der Waals surface area contributed by atoms with Gasteiger partial charge < -0.3 is 14.3 Å². The van der Waals surface area contributed by atoms with Crippen LogP contribution in [0.5, 0.6) is 0 Å². The van der Waals surface area contributed by atoms with E-state index >= 15 is 0 Å². The second-order valence-corrected chi connectivity index (χ2v) is 4.60. The first-order valence-electron chi connectivity index (χ1n) is 6.17. The summed E-state index contributed by atoms with van der Waals surface area (Å²) in [6.07, 6.45) is 5.74. The van der Waals surface area contributed by atoms with Gasteiger partial charge in [0.25, 0.3) is 0 Å². The lowest BCUT2D eigenvalue weighted by atomic mass is 10.1. The third kappa shape index (κ3) is 2.94. The maximum atomic E-state index is 5.81. The Balaban J connectivity index is 2.12. The van der Waals surface area contributed by atoms with Gasteiger partial charge in [-0.25, -0.2) is 4.98 Å². The summed E-state index contributed by atoms with van der Waals surface area (Å²) >= 11 is 5.81. The van der Waals surface area contributed by atoms with E-state index in [2.05, 4.69) is 21.8 Å². The highest BCUT2D eigenvalue weighted by molar-refractivity contribution is 6.28. The van der Waals surface area contributed by atoms with Gasteiger partial charge in [0, 0.05) is 25.4 Å². The molecule has 0 aliphatic rings. The van der Waals surface area contributed by atoms with E-state index in [-0.39, 0.29) is 6.04 Å². The Bertz CT molecular complexity index is 492. The van der Waals surface area contributed by atoms with Crippen molar-refractivity contribution in [3.8, 4) is 0 Å². The highest BCUT2D eigenvalue weighted by atomic mass is 35.5. The Labute approximate surface area is 112 Å². The number of furan rings is 1. The lowest BCUT2D eigenvalue weighted by Crippen LogP contribution is -2.20. The zero-order valence-corrected chi connectivity index (χ0v) is 11.4. The van der Waals surface area contributed by atoms with E-state index < -0.39 is 0 Å². The summed E-state index contributed by atoms with van der Waals surface area (Å²) in [6.45, 7) is 3.15. The molecule has 0 fully saturated rings. The fourth-order valence-corrected chi connectivity index (χ4v) is 2.17. The number of aromatic nitrogens is 2. The fourth-order valence-electron chi connectivity index (χ4n) is 2.02. The molecule has 0 bridgehead atoms. The van der Waals surface area contributed by atoms with Crippen molar-refractivity contribution in [2.24, 2.45) is 0 Å². The molecular formula is C13H18ClN3O. The Hall–Kier alpha value is -1.26. The number of rotatable bonds is 6. The van der Waals surface area contributed by atoms with Crippen LogP contribution in [-0.4, -0.2) is 16.6 Å². The Morgan fingerprint density at radius 3 is 2.94 bits per heavy atom. The first-order chi connectivity index (χ1) is 8.74.